The van der Waals surface area contributed by atoms with Gasteiger partial charge in [-0.05, 0) is 12.3 Å². The summed E-state index contributed by atoms with van der Waals surface area (Å²) in [5.41, 5.74) is 7.14. The molecule has 1 aromatic rings. The van der Waals surface area contributed by atoms with Crippen LogP contribution in [0, 0.1) is 5.92 Å². The molecule has 1 fully saturated rings. The molecular formula is C15H27N5. The highest BCUT2D eigenvalue weighted by molar-refractivity contribution is 5.56. The third kappa shape index (κ3) is 3.60. The highest BCUT2D eigenvalue weighted by Gasteiger charge is 2.21. The molecule has 0 atom stereocenters. The van der Waals surface area contributed by atoms with E-state index in [1.165, 1.54) is 6.54 Å². The van der Waals surface area contributed by atoms with Crippen LogP contribution in [-0.4, -0.2) is 47.6 Å². The lowest BCUT2D eigenvalue weighted by Crippen LogP contribution is -2.48. The van der Waals surface area contributed by atoms with Crippen molar-refractivity contribution in [2.75, 3.05) is 43.4 Å². The van der Waals surface area contributed by atoms with E-state index in [1.54, 1.807) is 6.33 Å². The second kappa shape index (κ2) is 6.88. The number of nitrogens with two attached hydrogens (primary N) is 1. The summed E-state index contributed by atoms with van der Waals surface area (Å²) in [6.45, 7) is 12.2. The number of rotatable bonds is 5. The molecule has 1 aromatic heterocycles. The number of anilines is 2. The quantitative estimate of drug-likeness (QED) is 0.889. The second-order valence-electron chi connectivity index (χ2n) is 5.99. The van der Waals surface area contributed by atoms with Gasteiger partial charge in [-0.1, -0.05) is 27.2 Å². The summed E-state index contributed by atoms with van der Waals surface area (Å²) in [7, 11) is 0. The molecule has 2 heterocycles. The third-order valence-corrected chi connectivity index (χ3v) is 3.75. The molecule has 2 N–H and O–H groups in total. The Balaban J connectivity index is 2.05. The van der Waals surface area contributed by atoms with Gasteiger partial charge in [-0.15, -0.1) is 0 Å². The van der Waals surface area contributed by atoms with E-state index in [1.807, 2.05) is 0 Å². The van der Waals surface area contributed by atoms with E-state index in [9.17, 15) is 0 Å². The first-order chi connectivity index (χ1) is 9.61. The Kier molecular flexibility index (Phi) is 5.17. The summed E-state index contributed by atoms with van der Waals surface area (Å²) in [6.07, 6.45) is 3.61. The van der Waals surface area contributed by atoms with E-state index >= 15 is 0 Å². The molecule has 0 saturated carbocycles. The van der Waals surface area contributed by atoms with Gasteiger partial charge >= 0.3 is 0 Å². The topological polar surface area (TPSA) is 58.3 Å². The molecule has 1 aliphatic rings. The average Bonchev–Trinajstić information content (AvgIpc) is 2.42. The minimum absolute atomic E-state index is 0.640. The molecule has 112 valence electrons. The third-order valence-electron chi connectivity index (χ3n) is 3.75. The Morgan fingerprint density at radius 2 is 1.90 bits per heavy atom. The monoisotopic (exact) mass is 277 g/mol. The fourth-order valence-corrected chi connectivity index (χ4v) is 2.84. The van der Waals surface area contributed by atoms with Crippen molar-refractivity contribution in [3.8, 4) is 0 Å². The smallest absolute Gasteiger partial charge is 0.137 e. The van der Waals surface area contributed by atoms with Crippen molar-refractivity contribution < 1.29 is 0 Å². The molecule has 1 saturated heterocycles. The summed E-state index contributed by atoms with van der Waals surface area (Å²) in [4.78, 5) is 13.5. The molecule has 20 heavy (non-hydrogen) atoms. The van der Waals surface area contributed by atoms with Crippen molar-refractivity contribution >= 4 is 11.6 Å². The molecule has 0 amide bonds. The van der Waals surface area contributed by atoms with Crippen LogP contribution >= 0.6 is 0 Å². The van der Waals surface area contributed by atoms with Crippen LogP contribution in [0.5, 0.6) is 0 Å². The summed E-state index contributed by atoms with van der Waals surface area (Å²) in [5, 5.41) is 0. The van der Waals surface area contributed by atoms with E-state index in [-0.39, 0.29) is 0 Å². The van der Waals surface area contributed by atoms with Gasteiger partial charge in [-0.25, -0.2) is 9.97 Å². The molecule has 5 heteroatoms. The average molecular weight is 277 g/mol. The van der Waals surface area contributed by atoms with E-state index in [4.69, 9.17) is 5.73 Å². The van der Waals surface area contributed by atoms with Crippen LogP contribution in [0.3, 0.4) is 0 Å². The first-order valence-electron chi connectivity index (χ1n) is 7.68. The van der Waals surface area contributed by atoms with Gasteiger partial charge in [0.25, 0.3) is 0 Å². The number of aromatic nitrogens is 2. The molecule has 2 rings (SSSR count). The predicted octanol–water partition coefficient (Wildman–Crippen LogP) is 1.79. The van der Waals surface area contributed by atoms with Crippen molar-refractivity contribution in [3.05, 3.63) is 11.9 Å². The molecule has 0 spiro atoms. The maximum atomic E-state index is 6.02. The lowest BCUT2D eigenvalue weighted by Gasteiger charge is -2.37. The lowest BCUT2D eigenvalue weighted by atomic mass is 10.1. The van der Waals surface area contributed by atoms with Gasteiger partial charge in [-0.2, -0.15) is 0 Å². The summed E-state index contributed by atoms with van der Waals surface area (Å²) in [6, 6.07) is 0. The summed E-state index contributed by atoms with van der Waals surface area (Å²) >= 11 is 0. The highest BCUT2D eigenvalue weighted by Crippen LogP contribution is 2.24. The predicted molar refractivity (Wildman–Crippen MR) is 83.9 cm³/mol. The first kappa shape index (κ1) is 15.0. The van der Waals surface area contributed by atoms with Crippen molar-refractivity contribution in [2.45, 2.75) is 33.6 Å². The molecule has 0 unspecified atom stereocenters. The fourth-order valence-electron chi connectivity index (χ4n) is 2.84. The van der Waals surface area contributed by atoms with Gasteiger partial charge in [-0.3, -0.25) is 4.90 Å². The Bertz CT molecular complexity index is 424. The van der Waals surface area contributed by atoms with Crippen molar-refractivity contribution in [1.82, 2.24) is 14.9 Å². The zero-order valence-corrected chi connectivity index (χ0v) is 13.0. The summed E-state index contributed by atoms with van der Waals surface area (Å²) < 4.78 is 0. The second-order valence-corrected chi connectivity index (χ2v) is 5.99. The Hall–Kier alpha value is -1.36. The Labute approximate surface area is 122 Å². The highest BCUT2D eigenvalue weighted by atomic mass is 15.3. The van der Waals surface area contributed by atoms with Crippen LogP contribution in [-0.2, 0) is 6.42 Å². The molecular weight excluding hydrogens is 250 g/mol. The number of hydrogen-bond donors (Lipinski definition) is 1. The van der Waals surface area contributed by atoms with Crippen LogP contribution in [0.4, 0.5) is 11.6 Å². The molecule has 1 aliphatic heterocycles. The van der Waals surface area contributed by atoms with E-state index in [2.05, 4.69) is 40.5 Å². The van der Waals surface area contributed by atoms with Crippen LogP contribution in [0.2, 0.25) is 0 Å². The minimum Gasteiger partial charge on any atom is -0.383 e. The van der Waals surface area contributed by atoms with Crippen LogP contribution in [0.25, 0.3) is 0 Å². The van der Waals surface area contributed by atoms with Gasteiger partial charge in [0.1, 0.15) is 18.0 Å². The van der Waals surface area contributed by atoms with E-state index in [0.29, 0.717) is 5.82 Å². The van der Waals surface area contributed by atoms with Gasteiger partial charge in [0, 0.05) is 38.3 Å². The van der Waals surface area contributed by atoms with Crippen LogP contribution < -0.4 is 10.6 Å². The molecule has 0 bridgehead atoms. The molecule has 0 aliphatic carbocycles. The zero-order chi connectivity index (χ0) is 14.5. The normalized spacial score (nSPS) is 16.9. The largest absolute Gasteiger partial charge is 0.383 e. The number of nitrogen functional groups attached to an aromatic ring is 1. The minimum atomic E-state index is 0.640. The zero-order valence-electron chi connectivity index (χ0n) is 13.0. The molecule has 5 nitrogen and oxygen atoms in total. The van der Waals surface area contributed by atoms with Gasteiger partial charge in [0.2, 0.25) is 0 Å². The maximum Gasteiger partial charge on any atom is 0.137 e. The van der Waals surface area contributed by atoms with Gasteiger partial charge in [0.15, 0.2) is 0 Å². The molecule has 0 radical (unpaired) electrons. The van der Waals surface area contributed by atoms with Crippen LogP contribution in [0.15, 0.2) is 6.33 Å². The standard InChI is InChI=1S/C15H27N5/c1-4-5-13-14(16)17-11-18-15(13)20-8-6-19(7-9-20)10-12(2)3/h11-12H,4-10H2,1-3H3,(H2,16,17,18). The number of hydrogen-bond acceptors (Lipinski definition) is 5. The van der Waals surface area contributed by atoms with E-state index < -0.39 is 0 Å². The van der Waals surface area contributed by atoms with E-state index in [0.717, 1.165) is 56.3 Å². The Morgan fingerprint density at radius 1 is 1.20 bits per heavy atom. The van der Waals surface area contributed by atoms with Crippen LogP contribution in [0.1, 0.15) is 32.8 Å². The summed E-state index contributed by atoms with van der Waals surface area (Å²) in [5.74, 6) is 2.41. The van der Waals surface area contributed by atoms with Crippen molar-refractivity contribution in [3.63, 3.8) is 0 Å². The van der Waals surface area contributed by atoms with Crippen molar-refractivity contribution in [1.29, 1.82) is 0 Å². The number of nitrogens with zero attached hydrogens (tertiary/aromatic N) is 4. The first-order valence-corrected chi connectivity index (χ1v) is 7.68. The lowest BCUT2D eigenvalue weighted by molar-refractivity contribution is 0.231. The Morgan fingerprint density at radius 3 is 2.50 bits per heavy atom. The SMILES string of the molecule is CCCc1c(N)ncnc1N1CCN(CC(C)C)CC1. The maximum absolute atomic E-state index is 6.02. The fraction of sp³-hybridized carbons (Fsp3) is 0.733. The van der Waals surface area contributed by atoms with Gasteiger partial charge in [0.05, 0.1) is 0 Å². The van der Waals surface area contributed by atoms with Gasteiger partial charge < -0.3 is 10.6 Å². The molecule has 0 aromatic carbocycles. The van der Waals surface area contributed by atoms with Crippen molar-refractivity contribution in [2.24, 2.45) is 5.92 Å². The number of piperazine rings is 1.